The Morgan fingerprint density at radius 1 is 0.857 bits per heavy atom. The van der Waals surface area contributed by atoms with Crippen LogP contribution in [-0.2, 0) is 11.2 Å². The van der Waals surface area contributed by atoms with Gasteiger partial charge >= 0.3 is 0 Å². The van der Waals surface area contributed by atoms with Gasteiger partial charge in [-0.05, 0) is 35.4 Å². The Hall–Kier alpha value is -2.16. The predicted molar refractivity (Wildman–Crippen MR) is 101 cm³/mol. The zero-order chi connectivity index (χ0) is 20.1. The Morgan fingerprint density at radius 2 is 1.50 bits per heavy atom. The van der Waals surface area contributed by atoms with Crippen LogP contribution in [0, 0.1) is 0 Å². The van der Waals surface area contributed by atoms with Gasteiger partial charge in [-0.1, -0.05) is 24.3 Å². The van der Waals surface area contributed by atoms with Gasteiger partial charge in [0.25, 0.3) is 0 Å². The second kappa shape index (κ2) is 9.36. The van der Waals surface area contributed by atoms with E-state index >= 15 is 0 Å². The third kappa shape index (κ3) is 4.63. The van der Waals surface area contributed by atoms with E-state index in [1.807, 2.05) is 24.3 Å². The van der Waals surface area contributed by atoms with Gasteiger partial charge in [-0.3, -0.25) is 0 Å². The van der Waals surface area contributed by atoms with Gasteiger partial charge in [0.05, 0.1) is 20.3 Å². The van der Waals surface area contributed by atoms with Gasteiger partial charge in [0.15, 0.2) is 0 Å². The number of hydrogen-bond acceptors (Lipinski definition) is 7. The summed E-state index contributed by atoms with van der Waals surface area (Å²) < 4.78 is 16.4. The number of aliphatic hydroxyl groups is 4. The summed E-state index contributed by atoms with van der Waals surface area (Å²) in [6.07, 6.45) is -5.07. The first kappa shape index (κ1) is 20.6. The van der Waals surface area contributed by atoms with Crippen molar-refractivity contribution in [1.29, 1.82) is 0 Å². The fraction of sp³-hybridized carbons (Fsp3) is 0.429. The number of hydrogen-bond donors (Lipinski definition) is 4. The maximum atomic E-state index is 10.2. The molecule has 7 nitrogen and oxygen atoms in total. The van der Waals surface area contributed by atoms with Crippen LogP contribution >= 0.6 is 0 Å². The molecule has 4 N–H and O–H groups in total. The molecule has 1 aliphatic rings. The van der Waals surface area contributed by atoms with Crippen LogP contribution in [0.2, 0.25) is 0 Å². The van der Waals surface area contributed by atoms with Crippen LogP contribution in [0.25, 0.3) is 0 Å². The molecule has 0 aromatic heterocycles. The van der Waals surface area contributed by atoms with E-state index < -0.39 is 37.1 Å². The minimum atomic E-state index is -1.39. The lowest BCUT2D eigenvalue weighted by molar-refractivity contribution is -0.231. The molecule has 3 unspecified atom stereocenters. The topological polar surface area (TPSA) is 109 Å². The second-order valence-electron chi connectivity index (χ2n) is 6.77. The molecule has 5 atom stereocenters. The molecular formula is C21H26O7. The van der Waals surface area contributed by atoms with Crippen LogP contribution in [0.1, 0.15) is 17.2 Å². The molecule has 1 fully saturated rings. The molecule has 3 rings (SSSR count). The first-order chi connectivity index (χ1) is 13.5. The summed E-state index contributed by atoms with van der Waals surface area (Å²) in [4.78, 5) is 0. The Bertz CT molecular complexity index is 729. The SMILES string of the molecule is COc1ccc(CCOc2ccc([C@H]3OC(CO)[C@@H](O)C(O)C3O)cc2)cc1. The van der Waals surface area contributed by atoms with Gasteiger partial charge in [-0.25, -0.2) is 0 Å². The molecule has 2 aromatic rings. The second-order valence-corrected chi connectivity index (χ2v) is 6.77. The van der Waals surface area contributed by atoms with E-state index in [-0.39, 0.29) is 0 Å². The Labute approximate surface area is 163 Å². The maximum absolute atomic E-state index is 10.2. The van der Waals surface area contributed by atoms with Crippen LogP contribution in [0.3, 0.4) is 0 Å². The van der Waals surface area contributed by atoms with Gasteiger partial charge in [0, 0.05) is 6.42 Å². The van der Waals surface area contributed by atoms with Crippen molar-refractivity contribution in [3.8, 4) is 11.5 Å². The first-order valence-electron chi connectivity index (χ1n) is 9.19. The van der Waals surface area contributed by atoms with Crippen molar-refractivity contribution in [2.24, 2.45) is 0 Å². The largest absolute Gasteiger partial charge is 0.497 e. The predicted octanol–water partition coefficient (Wildman–Crippen LogP) is 0.832. The summed E-state index contributed by atoms with van der Waals surface area (Å²) in [6.45, 7) is 0.0553. The zero-order valence-electron chi connectivity index (χ0n) is 15.6. The highest BCUT2D eigenvalue weighted by Crippen LogP contribution is 2.33. The molecule has 7 heteroatoms. The molecule has 0 amide bonds. The Kier molecular flexibility index (Phi) is 6.88. The maximum Gasteiger partial charge on any atom is 0.119 e. The molecule has 0 aliphatic carbocycles. The van der Waals surface area contributed by atoms with Gasteiger partial charge < -0.3 is 34.6 Å². The highest BCUT2D eigenvalue weighted by Gasteiger charge is 2.43. The number of rotatable bonds is 7. The van der Waals surface area contributed by atoms with Gasteiger partial charge in [0.1, 0.15) is 42.0 Å². The van der Waals surface area contributed by atoms with E-state index in [0.29, 0.717) is 17.9 Å². The molecule has 1 saturated heterocycles. The minimum absolute atomic E-state index is 0.450. The van der Waals surface area contributed by atoms with Crippen molar-refractivity contribution < 1.29 is 34.6 Å². The third-order valence-electron chi connectivity index (χ3n) is 4.92. The zero-order valence-corrected chi connectivity index (χ0v) is 15.6. The van der Waals surface area contributed by atoms with Gasteiger partial charge in [0.2, 0.25) is 0 Å². The summed E-state index contributed by atoms with van der Waals surface area (Å²) in [5.74, 6) is 1.48. The molecule has 1 heterocycles. The van der Waals surface area contributed by atoms with Crippen molar-refractivity contribution in [3.05, 3.63) is 59.7 Å². The van der Waals surface area contributed by atoms with Crippen molar-refractivity contribution >= 4 is 0 Å². The Balaban J connectivity index is 1.56. The van der Waals surface area contributed by atoms with Crippen LogP contribution < -0.4 is 9.47 Å². The van der Waals surface area contributed by atoms with E-state index in [9.17, 15) is 20.4 Å². The van der Waals surface area contributed by atoms with Crippen LogP contribution in [-0.4, -0.2) is 65.2 Å². The highest BCUT2D eigenvalue weighted by atomic mass is 16.5. The fourth-order valence-corrected chi connectivity index (χ4v) is 3.21. The quantitative estimate of drug-likeness (QED) is 0.555. The lowest BCUT2D eigenvalue weighted by Crippen LogP contribution is -2.55. The van der Waals surface area contributed by atoms with Gasteiger partial charge in [-0.15, -0.1) is 0 Å². The lowest BCUT2D eigenvalue weighted by Gasteiger charge is -2.40. The average molecular weight is 390 g/mol. The first-order valence-corrected chi connectivity index (χ1v) is 9.19. The number of benzene rings is 2. The minimum Gasteiger partial charge on any atom is -0.497 e. The number of ether oxygens (including phenoxy) is 3. The average Bonchev–Trinajstić information content (AvgIpc) is 2.73. The molecule has 28 heavy (non-hydrogen) atoms. The monoisotopic (exact) mass is 390 g/mol. The summed E-state index contributed by atoms with van der Waals surface area (Å²) in [5, 5.41) is 39.3. The van der Waals surface area contributed by atoms with Crippen LogP contribution in [0.15, 0.2) is 48.5 Å². The molecule has 0 saturated carbocycles. The summed E-state index contributed by atoms with van der Waals surface area (Å²) >= 11 is 0. The standard InChI is InChI=1S/C21H26O7/c1-26-15-6-2-13(3-7-15)10-11-27-16-8-4-14(5-9-16)21-20(25)19(24)18(23)17(12-22)28-21/h2-9,17-25H,10-12H2,1H3/t17?,18-,19?,20?,21-/m1/s1. The summed E-state index contributed by atoms with van der Waals surface area (Å²) in [5.41, 5.74) is 1.76. The van der Waals surface area contributed by atoms with E-state index in [1.54, 1.807) is 31.4 Å². The van der Waals surface area contributed by atoms with Crippen molar-refractivity contribution in [1.82, 2.24) is 0 Å². The van der Waals surface area contributed by atoms with Gasteiger partial charge in [-0.2, -0.15) is 0 Å². The van der Waals surface area contributed by atoms with E-state index in [4.69, 9.17) is 14.2 Å². The number of methoxy groups -OCH3 is 1. The summed E-state index contributed by atoms with van der Waals surface area (Å²) in [7, 11) is 1.63. The smallest absolute Gasteiger partial charge is 0.119 e. The van der Waals surface area contributed by atoms with Crippen LogP contribution in [0.4, 0.5) is 0 Å². The van der Waals surface area contributed by atoms with E-state index in [0.717, 1.165) is 17.7 Å². The molecule has 152 valence electrons. The Morgan fingerprint density at radius 3 is 2.11 bits per heavy atom. The lowest BCUT2D eigenvalue weighted by atomic mass is 9.91. The van der Waals surface area contributed by atoms with Crippen molar-refractivity contribution in [2.75, 3.05) is 20.3 Å². The van der Waals surface area contributed by atoms with Crippen molar-refractivity contribution in [3.63, 3.8) is 0 Å². The molecule has 0 spiro atoms. The molecule has 0 radical (unpaired) electrons. The third-order valence-corrected chi connectivity index (χ3v) is 4.92. The molecule has 0 bridgehead atoms. The number of aliphatic hydroxyl groups excluding tert-OH is 4. The normalized spacial score (nSPS) is 27.4. The van der Waals surface area contributed by atoms with E-state index in [1.165, 1.54) is 0 Å². The van der Waals surface area contributed by atoms with Crippen molar-refractivity contribution in [2.45, 2.75) is 36.9 Å². The van der Waals surface area contributed by atoms with E-state index in [2.05, 4.69) is 0 Å². The summed E-state index contributed by atoms with van der Waals surface area (Å²) in [6, 6.07) is 14.8. The fourth-order valence-electron chi connectivity index (χ4n) is 3.21. The molecular weight excluding hydrogens is 364 g/mol. The van der Waals surface area contributed by atoms with Crippen LogP contribution in [0.5, 0.6) is 11.5 Å². The molecule has 1 aliphatic heterocycles. The molecule has 2 aromatic carbocycles. The highest BCUT2D eigenvalue weighted by molar-refractivity contribution is 5.30.